The molecule has 0 bridgehead atoms. The van der Waals surface area contributed by atoms with E-state index in [-0.39, 0.29) is 11.3 Å². The molecule has 1 amide bonds. The molecular formula is C18H26N2O2. The third-order valence-corrected chi connectivity index (χ3v) is 5.27. The van der Waals surface area contributed by atoms with Gasteiger partial charge in [0, 0.05) is 25.6 Å². The number of methoxy groups -OCH3 is 1. The Kier molecular flexibility index (Phi) is 4.39. The summed E-state index contributed by atoms with van der Waals surface area (Å²) in [7, 11) is 1.69. The summed E-state index contributed by atoms with van der Waals surface area (Å²) in [6, 6.07) is 6.23. The van der Waals surface area contributed by atoms with Crippen molar-refractivity contribution >= 4 is 5.91 Å². The quantitative estimate of drug-likeness (QED) is 0.876. The summed E-state index contributed by atoms with van der Waals surface area (Å²) in [4.78, 5) is 12.9. The maximum absolute atomic E-state index is 12.9. The lowest BCUT2D eigenvalue weighted by Crippen LogP contribution is -2.51. The Hall–Kier alpha value is -1.55. The van der Waals surface area contributed by atoms with Gasteiger partial charge in [-0.15, -0.1) is 0 Å². The first-order valence-corrected chi connectivity index (χ1v) is 8.30. The van der Waals surface area contributed by atoms with Crippen molar-refractivity contribution < 1.29 is 9.53 Å². The van der Waals surface area contributed by atoms with Crippen molar-refractivity contribution in [3.63, 3.8) is 0 Å². The largest absolute Gasteiger partial charge is 0.496 e. The Morgan fingerprint density at radius 1 is 1.36 bits per heavy atom. The predicted molar refractivity (Wildman–Crippen MR) is 87.2 cm³/mol. The van der Waals surface area contributed by atoms with E-state index in [2.05, 4.69) is 28.8 Å². The molecule has 2 N–H and O–H groups in total. The van der Waals surface area contributed by atoms with Crippen LogP contribution in [-0.2, 0) is 10.2 Å². The van der Waals surface area contributed by atoms with Crippen LogP contribution in [0.1, 0.15) is 36.8 Å². The first-order chi connectivity index (χ1) is 10.7. The maximum Gasteiger partial charge on any atom is 0.230 e. The minimum atomic E-state index is -0.363. The smallest absolute Gasteiger partial charge is 0.230 e. The average molecular weight is 302 g/mol. The summed E-state index contributed by atoms with van der Waals surface area (Å²) in [6.45, 7) is 4.86. The van der Waals surface area contributed by atoms with Crippen LogP contribution in [0.25, 0.3) is 0 Å². The number of nitrogens with one attached hydrogen (secondary N) is 2. The van der Waals surface area contributed by atoms with E-state index < -0.39 is 0 Å². The molecule has 1 aliphatic carbocycles. The summed E-state index contributed by atoms with van der Waals surface area (Å²) >= 11 is 0. The van der Waals surface area contributed by atoms with Crippen LogP contribution >= 0.6 is 0 Å². The molecule has 2 aliphatic rings. The van der Waals surface area contributed by atoms with Crippen LogP contribution in [0.3, 0.4) is 0 Å². The molecule has 1 aromatic carbocycles. The fourth-order valence-electron chi connectivity index (χ4n) is 3.64. The van der Waals surface area contributed by atoms with E-state index in [1.54, 1.807) is 7.11 Å². The Morgan fingerprint density at radius 2 is 2.09 bits per heavy atom. The second kappa shape index (κ2) is 6.29. The predicted octanol–water partition coefficient (Wildman–Crippen LogP) is 2.15. The van der Waals surface area contributed by atoms with E-state index in [0.29, 0.717) is 5.92 Å². The van der Waals surface area contributed by atoms with E-state index in [4.69, 9.17) is 4.74 Å². The van der Waals surface area contributed by atoms with Gasteiger partial charge in [0.2, 0.25) is 5.91 Å². The zero-order chi connectivity index (χ0) is 15.6. The summed E-state index contributed by atoms with van der Waals surface area (Å²) in [5.41, 5.74) is 1.86. The lowest BCUT2D eigenvalue weighted by molar-refractivity contribution is -0.126. The van der Waals surface area contributed by atoms with E-state index in [9.17, 15) is 4.79 Å². The molecule has 120 valence electrons. The van der Waals surface area contributed by atoms with Crippen LogP contribution in [0.15, 0.2) is 18.2 Å². The molecule has 4 nitrogen and oxygen atoms in total. The van der Waals surface area contributed by atoms with Gasteiger partial charge in [0.05, 0.1) is 12.5 Å². The van der Waals surface area contributed by atoms with E-state index in [0.717, 1.165) is 62.2 Å². The van der Waals surface area contributed by atoms with Crippen LogP contribution in [0, 0.1) is 12.8 Å². The number of carbonyl (C=O) groups excluding carboxylic acids is 1. The molecular weight excluding hydrogens is 276 g/mol. The lowest BCUT2D eigenvalue weighted by Gasteiger charge is -2.32. The summed E-state index contributed by atoms with van der Waals surface area (Å²) in [6.07, 6.45) is 4.12. The average Bonchev–Trinajstić information content (AvgIpc) is 2.97. The van der Waals surface area contributed by atoms with Crippen molar-refractivity contribution in [2.24, 2.45) is 5.92 Å². The number of rotatable bonds is 5. The molecule has 1 aromatic rings. The molecule has 4 heteroatoms. The molecule has 22 heavy (non-hydrogen) atoms. The van der Waals surface area contributed by atoms with Gasteiger partial charge >= 0.3 is 0 Å². The van der Waals surface area contributed by atoms with Crippen molar-refractivity contribution in [3.8, 4) is 5.75 Å². The van der Waals surface area contributed by atoms with Crippen molar-refractivity contribution in [1.82, 2.24) is 10.6 Å². The molecule has 3 rings (SSSR count). The molecule has 2 fully saturated rings. The fraction of sp³-hybridized carbons (Fsp3) is 0.611. The number of benzene rings is 1. The van der Waals surface area contributed by atoms with Gasteiger partial charge in [-0.1, -0.05) is 25.0 Å². The van der Waals surface area contributed by atoms with E-state index in [1.165, 1.54) is 0 Å². The summed E-state index contributed by atoms with van der Waals surface area (Å²) in [5.74, 6) is 1.66. The van der Waals surface area contributed by atoms with E-state index >= 15 is 0 Å². The third kappa shape index (κ3) is 2.72. The Labute approximate surface area is 132 Å². The van der Waals surface area contributed by atoms with E-state index in [1.807, 2.05) is 6.92 Å². The van der Waals surface area contributed by atoms with Gasteiger partial charge in [0.1, 0.15) is 5.75 Å². The van der Waals surface area contributed by atoms with Gasteiger partial charge in [0.25, 0.3) is 0 Å². The number of carbonyl (C=O) groups is 1. The van der Waals surface area contributed by atoms with Gasteiger partial charge < -0.3 is 15.4 Å². The van der Waals surface area contributed by atoms with Crippen molar-refractivity contribution in [2.45, 2.75) is 38.0 Å². The number of hydrogen-bond donors (Lipinski definition) is 2. The molecule has 0 radical (unpaired) electrons. The molecule has 0 aromatic heterocycles. The SMILES string of the molecule is COc1cc(C2(C(=O)NCC3CNC3)CCCC2)ccc1C. The van der Waals surface area contributed by atoms with Crippen LogP contribution < -0.4 is 15.4 Å². The van der Waals surface area contributed by atoms with Crippen LogP contribution in [0.4, 0.5) is 0 Å². The number of aryl methyl sites for hydroxylation is 1. The molecule has 0 atom stereocenters. The second-order valence-corrected chi connectivity index (χ2v) is 6.71. The number of hydrogen-bond acceptors (Lipinski definition) is 3. The first kappa shape index (κ1) is 15.3. The normalized spacial score (nSPS) is 20.5. The van der Waals surface area contributed by atoms with Crippen molar-refractivity contribution in [1.29, 1.82) is 0 Å². The molecule has 0 unspecified atom stereocenters. The highest BCUT2D eigenvalue weighted by molar-refractivity contribution is 5.88. The topological polar surface area (TPSA) is 50.4 Å². The highest BCUT2D eigenvalue weighted by Crippen LogP contribution is 2.42. The Balaban J connectivity index is 1.82. The molecule has 0 spiro atoms. The maximum atomic E-state index is 12.9. The minimum Gasteiger partial charge on any atom is -0.496 e. The number of ether oxygens (including phenoxy) is 1. The minimum absolute atomic E-state index is 0.197. The van der Waals surface area contributed by atoms with Crippen molar-refractivity contribution in [3.05, 3.63) is 29.3 Å². The van der Waals surface area contributed by atoms with Crippen LogP contribution in [0.5, 0.6) is 5.75 Å². The van der Waals surface area contributed by atoms with Gasteiger partial charge in [-0.3, -0.25) is 4.79 Å². The highest BCUT2D eigenvalue weighted by atomic mass is 16.5. The van der Waals surface area contributed by atoms with Crippen molar-refractivity contribution in [2.75, 3.05) is 26.7 Å². The zero-order valence-corrected chi connectivity index (χ0v) is 13.6. The van der Waals surface area contributed by atoms with Gasteiger partial charge in [-0.05, 0) is 37.0 Å². The second-order valence-electron chi connectivity index (χ2n) is 6.71. The molecule has 1 aliphatic heterocycles. The Morgan fingerprint density at radius 3 is 2.68 bits per heavy atom. The Bertz CT molecular complexity index is 546. The van der Waals surface area contributed by atoms with Crippen LogP contribution in [0.2, 0.25) is 0 Å². The van der Waals surface area contributed by atoms with Crippen LogP contribution in [-0.4, -0.2) is 32.7 Å². The molecule has 1 heterocycles. The van der Waals surface area contributed by atoms with Gasteiger partial charge in [0.15, 0.2) is 0 Å². The highest BCUT2D eigenvalue weighted by Gasteiger charge is 2.43. The van der Waals surface area contributed by atoms with Gasteiger partial charge in [-0.2, -0.15) is 0 Å². The zero-order valence-electron chi connectivity index (χ0n) is 13.6. The summed E-state index contributed by atoms with van der Waals surface area (Å²) < 4.78 is 5.45. The third-order valence-electron chi connectivity index (χ3n) is 5.27. The first-order valence-electron chi connectivity index (χ1n) is 8.30. The standard InChI is InChI=1S/C18H26N2O2/c1-13-5-6-15(9-16(13)22-2)18(7-3-4-8-18)17(21)20-12-14-10-19-11-14/h5-6,9,14,19H,3-4,7-8,10-12H2,1-2H3,(H,20,21). The summed E-state index contributed by atoms with van der Waals surface area (Å²) in [5, 5.41) is 6.45. The van der Waals surface area contributed by atoms with Gasteiger partial charge in [-0.25, -0.2) is 0 Å². The number of amides is 1. The monoisotopic (exact) mass is 302 g/mol. The lowest BCUT2D eigenvalue weighted by atomic mass is 9.77. The molecule has 1 saturated carbocycles. The molecule has 1 saturated heterocycles. The fourth-order valence-corrected chi connectivity index (χ4v) is 3.64.